The largest absolute Gasteiger partial charge is 0.335 e. The molecule has 4 heteroatoms. The molecule has 0 saturated heterocycles. The standard InChI is InChI=1S/C12H15ClN2O/c1-4-15(8-9(2)3)12(16)10-5-6-14-11(13)7-10/h5-7H,2,4,8H2,1,3H3. The molecule has 3 nitrogen and oxygen atoms in total. The predicted molar refractivity (Wildman–Crippen MR) is 65.6 cm³/mol. The summed E-state index contributed by atoms with van der Waals surface area (Å²) in [6, 6.07) is 3.24. The number of hydrogen-bond donors (Lipinski definition) is 0. The molecule has 1 aromatic heterocycles. The van der Waals surface area contributed by atoms with Crippen molar-refractivity contribution < 1.29 is 4.79 Å². The highest BCUT2D eigenvalue weighted by molar-refractivity contribution is 6.29. The Morgan fingerprint density at radius 3 is 2.81 bits per heavy atom. The van der Waals surface area contributed by atoms with Gasteiger partial charge in [-0.25, -0.2) is 4.98 Å². The Labute approximate surface area is 101 Å². The molecule has 86 valence electrons. The van der Waals surface area contributed by atoms with Crippen LogP contribution in [0.4, 0.5) is 0 Å². The van der Waals surface area contributed by atoms with Gasteiger partial charge in [-0.2, -0.15) is 0 Å². The van der Waals surface area contributed by atoms with Crippen LogP contribution in [0.3, 0.4) is 0 Å². The minimum Gasteiger partial charge on any atom is -0.335 e. The molecule has 0 aliphatic carbocycles. The Kier molecular flexibility index (Phi) is 4.50. The van der Waals surface area contributed by atoms with Gasteiger partial charge in [0, 0.05) is 24.8 Å². The molecule has 0 N–H and O–H groups in total. The van der Waals surface area contributed by atoms with E-state index in [2.05, 4.69) is 11.6 Å². The molecule has 1 rings (SSSR count). The van der Waals surface area contributed by atoms with Gasteiger partial charge in [-0.15, -0.1) is 0 Å². The first kappa shape index (κ1) is 12.7. The molecule has 1 amide bonds. The van der Waals surface area contributed by atoms with Crippen molar-refractivity contribution in [2.75, 3.05) is 13.1 Å². The van der Waals surface area contributed by atoms with Gasteiger partial charge in [-0.1, -0.05) is 23.8 Å². The maximum absolute atomic E-state index is 12.1. The summed E-state index contributed by atoms with van der Waals surface area (Å²) in [5.74, 6) is -0.0465. The Bertz CT molecular complexity index is 404. The molecule has 0 saturated carbocycles. The smallest absolute Gasteiger partial charge is 0.254 e. The van der Waals surface area contributed by atoms with Gasteiger partial charge in [-0.05, 0) is 26.0 Å². The van der Waals surface area contributed by atoms with Gasteiger partial charge in [0.15, 0.2) is 0 Å². The Morgan fingerprint density at radius 1 is 1.62 bits per heavy atom. The fraction of sp³-hybridized carbons (Fsp3) is 0.333. The number of carbonyl (C=O) groups is 1. The second-order valence-corrected chi connectivity index (χ2v) is 4.03. The van der Waals surface area contributed by atoms with Crippen molar-refractivity contribution in [3.63, 3.8) is 0 Å². The highest BCUT2D eigenvalue weighted by Gasteiger charge is 2.14. The van der Waals surface area contributed by atoms with E-state index in [4.69, 9.17) is 11.6 Å². The monoisotopic (exact) mass is 238 g/mol. The van der Waals surface area contributed by atoms with Crippen LogP contribution in [0, 0.1) is 0 Å². The number of pyridine rings is 1. The molecule has 1 heterocycles. The molecule has 0 spiro atoms. The lowest BCUT2D eigenvalue weighted by atomic mass is 10.2. The van der Waals surface area contributed by atoms with E-state index >= 15 is 0 Å². The molecule has 1 aromatic rings. The van der Waals surface area contributed by atoms with Gasteiger partial charge in [0.1, 0.15) is 5.15 Å². The Balaban J connectivity index is 2.86. The molecular weight excluding hydrogens is 224 g/mol. The van der Waals surface area contributed by atoms with Gasteiger partial charge >= 0.3 is 0 Å². The van der Waals surface area contributed by atoms with E-state index in [1.165, 1.54) is 6.20 Å². The molecule has 0 atom stereocenters. The average molecular weight is 239 g/mol. The van der Waals surface area contributed by atoms with Crippen LogP contribution in [0.15, 0.2) is 30.5 Å². The first-order valence-electron chi connectivity index (χ1n) is 5.09. The Hall–Kier alpha value is -1.35. The number of nitrogens with zero attached hydrogens (tertiary/aromatic N) is 2. The van der Waals surface area contributed by atoms with E-state index in [1.807, 2.05) is 13.8 Å². The normalized spacial score (nSPS) is 9.94. The number of likely N-dealkylation sites (N-methyl/N-ethyl adjacent to an activating group) is 1. The number of amides is 1. The number of halogens is 1. The first-order valence-corrected chi connectivity index (χ1v) is 5.47. The number of carbonyl (C=O) groups excluding carboxylic acids is 1. The molecular formula is C12H15ClN2O. The second kappa shape index (κ2) is 5.66. The average Bonchev–Trinajstić information content (AvgIpc) is 2.24. The van der Waals surface area contributed by atoms with E-state index < -0.39 is 0 Å². The summed E-state index contributed by atoms with van der Waals surface area (Å²) < 4.78 is 0. The Morgan fingerprint density at radius 2 is 2.31 bits per heavy atom. The summed E-state index contributed by atoms with van der Waals surface area (Å²) in [5, 5.41) is 0.331. The minimum absolute atomic E-state index is 0.0465. The first-order chi connectivity index (χ1) is 7.54. The quantitative estimate of drug-likeness (QED) is 0.597. The zero-order valence-corrected chi connectivity index (χ0v) is 10.3. The van der Waals surface area contributed by atoms with Crippen LogP contribution in [0.1, 0.15) is 24.2 Å². The SMILES string of the molecule is C=C(C)CN(CC)C(=O)c1ccnc(Cl)c1. The van der Waals surface area contributed by atoms with E-state index in [0.29, 0.717) is 23.8 Å². The summed E-state index contributed by atoms with van der Waals surface area (Å²) in [5.41, 5.74) is 1.51. The highest BCUT2D eigenvalue weighted by Crippen LogP contribution is 2.10. The fourth-order valence-corrected chi connectivity index (χ4v) is 1.54. The van der Waals surface area contributed by atoms with Crippen molar-refractivity contribution in [2.45, 2.75) is 13.8 Å². The van der Waals surface area contributed by atoms with Crippen LogP contribution in [-0.2, 0) is 0 Å². The molecule has 0 unspecified atom stereocenters. The van der Waals surface area contributed by atoms with E-state index in [1.54, 1.807) is 17.0 Å². The summed E-state index contributed by atoms with van der Waals surface area (Å²) in [7, 11) is 0. The highest BCUT2D eigenvalue weighted by atomic mass is 35.5. The molecule has 0 radical (unpaired) electrons. The lowest BCUT2D eigenvalue weighted by Crippen LogP contribution is -2.32. The third-order valence-corrected chi connectivity index (χ3v) is 2.31. The van der Waals surface area contributed by atoms with Crippen molar-refractivity contribution in [3.05, 3.63) is 41.2 Å². The van der Waals surface area contributed by atoms with E-state index in [-0.39, 0.29) is 5.91 Å². The van der Waals surface area contributed by atoms with Crippen molar-refractivity contribution in [1.82, 2.24) is 9.88 Å². The third-order valence-electron chi connectivity index (χ3n) is 2.10. The van der Waals surface area contributed by atoms with Gasteiger partial charge in [0.25, 0.3) is 5.91 Å². The molecule has 0 aromatic carbocycles. The summed E-state index contributed by atoms with van der Waals surface area (Å²) in [4.78, 5) is 17.6. The molecule has 0 bridgehead atoms. The van der Waals surface area contributed by atoms with Gasteiger partial charge < -0.3 is 4.90 Å². The van der Waals surface area contributed by atoms with Gasteiger partial charge in [-0.3, -0.25) is 4.79 Å². The minimum atomic E-state index is -0.0465. The van der Waals surface area contributed by atoms with Crippen molar-refractivity contribution in [3.8, 4) is 0 Å². The zero-order chi connectivity index (χ0) is 12.1. The number of rotatable bonds is 4. The van der Waals surface area contributed by atoms with Crippen LogP contribution in [0.25, 0.3) is 0 Å². The topological polar surface area (TPSA) is 33.2 Å². The lowest BCUT2D eigenvalue weighted by Gasteiger charge is -2.20. The fourth-order valence-electron chi connectivity index (χ4n) is 1.37. The van der Waals surface area contributed by atoms with E-state index in [9.17, 15) is 4.79 Å². The van der Waals surface area contributed by atoms with Crippen LogP contribution in [0.5, 0.6) is 0 Å². The van der Waals surface area contributed by atoms with E-state index in [0.717, 1.165) is 5.57 Å². The van der Waals surface area contributed by atoms with Crippen LogP contribution in [0.2, 0.25) is 5.15 Å². The number of hydrogen-bond acceptors (Lipinski definition) is 2. The third kappa shape index (κ3) is 3.35. The lowest BCUT2D eigenvalue weighted by molar-refractivity contribution is 0.0778. The maximum atomic E-state index is 12.1. The van der Waals surface area contributed by atoms with Gasteiger partial charge in [0.2, 0.25) is 0 Å². The molecule has 0 aliphatic heterocycles. The molecule has 16 heavy (non-hydrogen) atoms. The predicted octanol–water partition coefficient (Wildman–Crippen LogP) is 2.77. The maximum Gasteiger partial charge on any atom is 0.254 e. The zero-order valence-electron chi connectivity index (χ0n) is 9.53. The van der Waals surface area contributed by atoms with Gasteiger partial charge in [0.05, 0.1) is 0 Å². The van der Waals surface area contributed by atoms with Crippen LogP contribution in [-0.4, -0.2) is 28.9 Å². The van der Waals surface area contributed by atoms with Crippen molar-refractivity contribution in [2.24, 2.45) is 0 Å². The summed E-state index contributed by atoms with van der Waals surface area (Å²) in [6.45, 7) is 8.85. The molecule has 0 fully saturated rings. The summed E-state index contributed by atoms with van der Waals surface area (Å²) >= 11 is 5.74. The second-order valence-electron chi connectivity index (χ2n) is 3.64. The van der Waals surface area contributed by atoms with Crippen LogP contribution < -0.4 is 0 Å². The molecule has 0 aliphatic rings. The number of aromatic nitrogens is 1. The van der Waals surface area contributed by atoms with Crippen LogP contribution >= 0.6 is 11.6 Å². The van der Waals surface area contributed by atoms with Crippen molar-refractivity contribution in [1.29, 1.82) is 0 Å². The van der Waals surface area contributed by atoms with Crippen molar-refractivity contribution >= 4 is 17.5 Å². The summed E-state index contributed by atoms with van der Waals surface area (Å²) in [6.07, 6.45) is 1.53.